The standard InChI is InChI=1S/C24H30F4N8O2Si/c1-39(2,3)12-11-38-15-35-19(31-18-6-4-5-17(25)20(18)35)14-29-22-33-23(34-7-9-37-10-8-34)32-21-16(24(26,27)28)13-30-36(21)22/h4-6,13H,7-12,14-15H2,1-3H3,(H,29,32,33). The summed E-state index contributed by atoms with van der Waals surface area (Å²) in [6, 6.07) is 5.57. The van der Waals surface area contributed by atoms with E-state index < -0.39 is 25.6 Å². The summed E-state index contributed by atoms with van der Waals surface area (Å²) in [6.07, 6.45) is -3.91. The van der Waals surface area contributed by atoms with Crippen LogP contribution in [0.5, 0.6) is 0 Å². The maximum Gasteiger partial charge on any atom is 0.421 e. The molecule has 39 heavy (non-hydrogen) atoms. The molecule has 4 aromatic rings. The number of hydrogen-bond acceptors (Lipinski definition) is 8. The van der Waals surface area contributed by atoms with E-state index in [-0.39, 0.29) is 30.8 Å². The van der Waals surface area contributed by atoms with Crippen LogP contribution in [-0.4, -0.2) is 70.1 Å². The zero-order chi connectivity index (χ0) is 27.8. The van der Waals surface area contributed by atoms with Gasteiger partial charge >= 0.3 is 6.18 Å². The normalized spacial score (nSPS) is 15.0. The van der Waals surface area contributed by atoms with Crippen molar-refractivity contribution in [2.45, 2.75) is 45.1 Å². The van der Waals surface area contributed by atoms with Gasteiger partial charge in [-0.25, -0.2) is 9.37 Å². The Morgan fingerprint density at radius 3 is 2.59 bits per heavy atom. The topological polar surface area (TPSA) is 94.6 Å². The van der Waals surface area contributed by atoms with Crippen LogP contribution in [0.3, 0.4) is 0 Å². The first-order chi connectivity index (χ1) is 18.5. The number of halogens is 4. The predicted molar refractivity (Wildman–Crippen MR) is 140 cm³/mol. The second-order valence-electron chi connectivity index (χ2n) is 10.5. The summed E-state index contributed by atoms with van der Waals surface area (Å²) in [4.78, 5) is 15.0. The molecule has 3 aromatic heterocycles. The van der Waals surface area contributed by atoms with Gasteiger partial charge in [0, 0.05) is 27.8 Å². The van der Waals surface area contributed by atoms with Crippen molar-refractivity contribution in [1.82, 2.24) is 29.1 Å². The van der Waals surface area contributed by atoms with Gasteiger partial charge in [-0.2, -0.15) is 32.8 Å². The average molecular weight is 567 g/mol. The Morgan fingerprint density at radius 1 is 1.10 bits per heavy atom. The third-order valence-corrected chi connectivity index (χ3v) is 8.08. The number of morpholine rings is 1. The zero-order valence-corrected chi connectivity index (χ0v) is 22.9. The molecular formula is C24H30F4N8O2Si. The van der Waals surface area contributed by atoms with Crippen molar-refractivity contribution in [2.24, 2.45) is 0 Å². The van der Waals surface area contributed by atoms with Gasteiger partial charge in [-0.05, 0) is 18.2 Å². The molecule has 15 heteroatoms. The minimum Gasteiger partial charge on any atom is -0.378 e. The smallest absolute Gasteiger partial charge is 0.378 e. The van der Waals surface area contributed by atoms with Gasteiger partial charge in [0.25, 0.3) is 0 Å². The summed E-state index contributed by atoms with van der Waals surface area (Å²) in [6.45, 7) is 9.06. The van der Waals surface area contributed by atoms with Crippen LogP contribution in [0.25, 0.3) is 16.7 Å². The largest absolute Gasteiger partial charge is 0.421 e. The van der Waals surface area contributed by atoms with Crippen molar-refractivity contribution in [2.75, 3.05) is 43.1 Å². The van der Waals surface area contributed by atoms with Gasteiger partial charge in [0.1, 0.15) is 29.5 Å². The van der Waals surface area contributed by atoms with Crippen molar-refractivity contribution in [1.29, 1.82) is 0 Å². The van der Waals surface area contributed by atoms with Crippen LogP contribution in [0, 0.1) is 5.82 Å². The first-order valence-corrected chi connectivity index (χ1v) is 16.3. The molecule has 1 N–H and O–H groups in total. The maximum absolute atomic E-state index is 14.8. The molecule has 1 saturated heterocycles. The first-order valence-electron chi connectivity index (χ1n) is 12.6. The highest BCUT2D eigenvalue weighted by molar-refractivity contribution is 6.76. The van der Waals surface area contributed by atoms with Crippen LogP contribution >= 0.6 is 0 Å². The van der Waals surface area contributed by atoms with Crippen LogP contribution in [-0.2, 0) is 28.9 Å². The molecule has 0 atom stereocenters. The number of ether oxygens (including phenoxy) is 2. The second-order valence-corrected chi connectivity index (χ2v) is 16.1. The summed E-state index contributed by atoms with van der Waals surface area (Å²) < 4.78 is 69.8. The highest BCUT2D eigenvalue weighted by Crippen LogP contribution is 2.33. The predicted octanol–water partition coefficient (Wildman–Crippen LogP) is 4.39. The molecule has 0 saturated carbocycles. The van der Waals surface area contributed by atoms with Crippen molar-refractivity contribution in [3.63, 3.8) is 0 Å². The Hall–Kier alpha value is -3.30. The van der Waals surface area contributed by atoms with Gasteiger partial charge in [0.05, 0.1) is 31.5 Å². The highest BCUT2D eigenvalue weighted by atomic mass is 28.3. The minimum absolute atomic E-state index is 0.0291. The number of fused-ring (bicyclic) bond motifs is 2. The van der Waals surface area contributed by atoms with Crippen LogP contribution in [0.4, 0.5) is 29.5 Å². The van der Waals surface area contributed by atoms with E-state index in [4.69, 9.17) is 9.47 Å². The average Bonchev–Trinajstić information content (AvgIpc) is 3.47. The molecule has 5 rings (SSSR count). The lowest BCUT2D eigenvalue weighted by Gasteiger charge is -2.27. The molecule has 1 fully saturated rings. The molecule has 1 aliphatic rings. The van der Waals surface area contributed by atoms with Crippen LogP contribution in [0.1, 0.15) is 11.4 Å². The van der Waals surface area contributed by atoms with E-state index >= 15 is 0 Å². The fourth-order valence-electron chi connectivity index (χ4n) is 4.24. The SMILES string of the molecule is C[Si](C)(C)CCOCn1c(CNc2nc(N3CCOCC3)nc3c(C(F)(F)F)cnn23)nc2cccc(F)c21. The molecule has 210 valence electrons. The number of nitrogens with zero attached hydrogens (tertiary/aromatic N) is 7. The summed E-state index contributed by atoms with van der Waals surface area (Å²) in [5.41, 5.74) is -0.591. The van der Waals surface area contributed by atoms with E-state index in [0.29, 0.717) is 49.8 Å². The number of alkyl halides is 3. The van der Waals surface area contributed by atoms with Gasteiger partial charge in [-0.1, -0.05) is 25.7 Å². The lowest BCUT2D eigenvalue weighted by molar-refractivity contribution is -0.136. The zero-order valence-electron chi connectivity index (χ0n) is 21.9. The van der Waals surface area contributed by atoms with E-state index in [1.54, 1.807) is 21.6 Å². The summed E-state index contributed by atoms with van der Waals surface area (Å²) in [5, 5.41) is 6.96. The van der Waals surface area contributed by atoms with Crippen molar-refractivity contribution >= 4 is 36.7 Å². The molecule has 0 unspecified atom stereocenters. The lowest BCUT2D eigenvalue weighted by atomic mass is 10.3. The van der Waals surface area contributed by atoms with E-state index in [1.807, 2.05) is 0 Å². The van der Waals surface area contributed by atoms with Crippen LogP contribution in [0.2, 0.25) is 25.7 Å². The summed E-state index contributed by atoms with van der Waals surface area (Å²) >= 11 is 0. The Bertz CT molecular complexity index is 1460. The molecule has 1 aliphatic heterocycles. The number of benzene rings is 1. The molecule has 1 aromatic carbocycles. The van der Waals surface area contributed by atoms with E-state index in [0.717, 1.165) is 16.8 Å². The molecule has 0 amide bonds. The van der Waals surface area contributed by atoms with Gasteiger partial charge in [0.2, 0.25) is 11.9 Å². The number of hydrogen-bond donors (Lipinski definition) is 1. The molecule has 10 nitrogen and oxygen atoms in total. The van der Waals surface area contributed by atoms with Gasteiger partial charge in [-0.3, -0.25) is 4.57 Å². The fraction of sp³-hybridized carbons (Fsp3) is 0.500. The summed E-state index contributed by atoms with van der Waals surface area (Å²) in [5.74, 6) is 0.177. The molecule has 0 spiro atoms. The number of para-hydroxylation sites is 1. The number of rotatable bonds is 9. The number of imidazole rings is 1. The Morgan fingerprint density at radius 2 is 1.87 bits per heavy atom. The van der Waals surface area contributed by atoms with Crippen LogP contribution < -0.4 is 10.2 Å². The van der Waals surface area contributed by atoms with E-state index in [1.165, 1.54) is 6.07 Å². The fourth-order valence-corrected chi connectivity index (χ4v) is 5.00. The first kappa shape index (κ1) is 27.3. The molecular weight excluding hydrogens is 536 g/mol. The van der Waals surface area contributed by atoms with Crippen molar-refractivity contribution < 1.29 is 27.0 Å². The van der Waals surface area contributed by atoms with Gasteiger partial charge in [-0.15, -0.1) is 0 Å². The Balaban J connectivity index is 1.47. The number of nitrogens with one attached hydrogen (secondary N) is 1. The third kappa shape index (κ3) is 5.99. The van der Waals surface area contributed by atoms with Gasteiger partial charge < -0.3 is 19.7 Å². The van der Waals surface area contributed by atoms with Crippen molar-refractivity contribution in [3.8, 4) is 0 Å². The number of aromatic nitrogens is 6. The quantitative estimate of drug-likeness (QED) is 0.181. The Kier molecular flexibility index (Phi) is 7.48. The second kappa shape index (κ2) is 10.7. The molecule has 4 heterocycles. The minimum atomic E-state index is -4.64. The van der Waals surface area contributed by atoms with E-state index in [2.05, 4.69) is 45.0 Å². The lowest BCUT2D eigenvalue weighted by Crippen LogP contribution is -2.37. The van der Waals surface area contributed by atoms with Crippen molar-refractivity contribution in [3.05, 3.63) is 41.6 Å². The summed E-state index contributed by atoms with van der Waals surface area (Å²) in [7, 11) is -1.33. The monoisotopic (exact) mass is 566 g/mol. The van der Waals surface area contributed by atoms with Gasteiger partial charge in [0.15, 0.2) is 5.65 Å². The van der Waals surface area contributed by atoms with E-state index in [9.17, 15) is 17.6 Å². The molecule has 0 bridgehead atoms. The Labute approximate surface area is 223 Å². The molecule has 0 radical (unpaired) electrons. The third-order valence-electron chi connectivity index (χ3n) is 6.37. The highest BCUT2D eigenvalue weighted by Gasteiger charge is 2.36. The number of anilines is 2. The molecule has 0 aliphatic carbocycles. The van der Waals surface area contributed by atoms with Crippen LogP contribution in [0.15, 0.2) is 24.4 Å². The maximum atomic E-state index is 14.8.